The minimum absolute atomic E-state index is 0.0147. The highest BCUT2D eigenvalue weighted by Crippen LogP contribution is 2.40. The van der Waals surface area contributed by atoms with Crippen LogP contribution in [-0.2, 0) is 6.54 Å². The molecule has 0 saturated carbocycles. The zero-order valence-corrected chi connectivity index (χ0v) is 28.9. The van der Waals surface area contributed by atoms with Gasteiger partial charge in [0.05, 0.1) is 18.3 Å². The number of methoxy groups -OCH3 is 1. The van der Waals surface area contributed by atoms with E-state index in [4.69, 9.17) is 20.7 Å². The van der Waals surface area contributed by atoms with Crippen LogP contribution in [0.5, 0.6) is 11.8 Å². The lowest BCUT2D eigenvalue weighted by molar-refractivity contribution is 0.292. The molecule has 2 aromatic carbocycles. The van der Waals surface area contributed by atoms with E-state index >= 15 is 4.39 Å². The highest BCUT2D eigenvalue weighted by atomic mass is 19.1. The second-order valence-corrected chi connectivity index (χ2v) is 13.1. The summed E-state index contributed by atoms with van der Waals surface area (Å²) in [6, 6.07) is 9.97. The Morgan fingerprint density at radius 1 is 1.27 bits per heavy atom. The number of ether oxygens (including phenoxy) is 1. The molecule has 0 amide bonds. The van der Waals surface area contributed by atoms with Crippen LogP contribution in [-0.4, -0.2) is 74.4 Å². The van der Waals surface area contributed by atoms with Gasteiger partial charge in [-0.3, -0.25) is 4.90 Å². The molecule has 7 N–H and O–H groups in total. The predicted octanol–water partition coefficient (Wildman–Crippen LogP) is 5.31. The first-order valence-corrected chi connectivity index (χ1v) is 16.9. The number of nitrogens with zero attached hydrogens (tertiary/aromatic N) is 5. The Hall–Kier alpha value is -5.80. The summed E-state index contributed by atoms with van der Waals surface area (Å²) in [6.45, 7) is 3.86. The number of benzene rings is 2. The number of aromatic nitrogens is 4. The van der Waals surface area contributed by atoms with Crippen LogP contribution in [0.1, 0.15) is 36.0 Å². The monoisotopic (exact) mass is 711 g/mol. The number of H-pyrrole nitrogens is 1. The molecule has 6 aromatic rings. The Bertz CT molecular complexity index is 2380. The maximum atomic E-state index is 15.3. The molecule has 13 nitrogen and oxygen atoms in total. The molecule has 15 heteroatoms. The lowest BCUT2D eigenvalue weighted by Crippen LogP contribution is -2.22. The van der Waals surface area contributed by atoms with E-state index in [0.717, 1.165) is 29.6 Å². The molecule has 2 unspecified atom stereocenters. The second kappa shape index (κ2) is 14.1. The first-order chi connectivity index (χ1) is 25.0. The number of alkyl halides is 1. The quantitative estimate of drug-likeness (QED) is 0.106. The topological polar surface area (TPSA) is 185 Å². The van der Waals surface area contributed by atoms with E-state index in [0.29, 0.717) is 35.5 Å². The molecule has 2 saturated heterocycles. The molecule has 270 valence electrons. The molecule has 2 aliphatic heterocycles. The highest BCUT2D eigenvalue weighted by molar-refractivity contribution is 6.05. The molecule has 0 spiro atoms. The number of rotatable bonds is 7. The summed E-state index contributed by atoms with van der Waals surface area (Å²) >= 11 is 0. The summed E-state index contributed by atoms with van der Waals surface area (Å²) in [5, 5.41) is 16.8. The fourth-order valence-electron chi connectivity index (χ4n) is 7.24. The van der Waals surface area contributed by atoms with E-state index in [1.165, 1.54) is 55.4 Å². The van der Waals surface area contributed by atoms with Gasteiger partial charge >= 0.3 is 11.6 Å². The molecule has 0 bridgehead atoms. The van der Waals surface area contributed by atoms with Gasteiger partial charge in [0, 0.05) is 72.2 Å². The molecule has 2 aliphatic rings. The van der Waals surface area contributed by atoms with Crippen LogP contribution in [0.15, 0.2) is 64.2 Å². The summed E-state index contributed by atoms with van der Waals surface area (Å²) in [5.41, 5.74) is 8.12. The summed E-state index contributed by atoms with van der Waals surface area (Å²) in [4.78, 5) is 32.2. The lowest BCUT2D eigenvalue weighted by atomic mass is 9.93. The van der Waals surface area contributed by atoms with Crippen LogP contribution in [0.4, 0.5) is 14.6 Å². The van der Waals surface area contributed by atoms with Crippen molar-refractivity contribution in [3.8, 4) is 23.1 Å². The molecular formula is C37H39F2N9O4. The number of nitrogens with two attached hydrogens (primary N) is 2. The van der Waals surface area contributed by atoms with Crippen molar-refractivity contribution in [2.75, 3.05) is 32.6 Å². The van der Waals surface area contributed by atoms with Crippen molar-refractivity contribution >= 4 is 44.2 Å². The Morgan fingerprint density at radius 3 is 2.87 bits per heavy atom. The maximum absolute atomic E-state index is 15.3. The summed E-state index contributed by atoms with van der Waals surface area (Å²) in [5.74, 6) is 5.26. The number of aromatic amines is 1. The molecular weight excluding hydrogens is 672 g/mol. The first kappa shape index (κ1) is 34.6. The van der Waals surface area contributed by atoms with Crippen LogP contribution in [0.3, 0.4) is 0 Å². The minimum Gasteiger partial charge on any atom is -0.508 e. The van der Waals surface area contributed by atoms with E-state index in [-0.39, 0.29) is 51.1 Å². The third-order valence-corrected chi connectivity index (χ3v) is 9.54. The highest BCUT2D eigenvalue weighted by Gasteiger charge is 2.34. The van der Waals surface area contributed by atoms with Gasteiger partial charge in [-0.1, -0.05) is 6.07 Å². The molecule has 2 fully saturated rings. The number of anilines is 1. The van der Waals surface area contributed by atoms with Crippen molar-refractivity contribution in [2.45, 2.75) is 44.9 Å². The van der Waals surface area contributed by atoms with Crippen LogP contribution < -0.4 is 27.3 Å². The van der Waals surface area contributed by atoms with E-state index in [1.807, 2.05) is 18.3 Å². The molecule has 0 aliphatic carbocycles. The number of hydrazine groups is 1. The summed E-state index contributed by atoms with van der Waals surface area (Å²) < 4.78 is 39.2. The van der Waals surface area contributed by atoms with Crippen LogP contribution in [0, 0.1) is 12.7 Å². The number of nitrogens with one attached hydrogen (secondary N) is 2. The summed E-state index contributed by atoms with van der Waals surface area (Å²) in [6.07, 6.45) is 7.69. The number of halogens is 2. The van der Waals surface area contributed by atoms with E-state index in [9.17, 15) is 14.3 Å². The minimum atomic E-state index is -0.749. The van der Waals surface area contributed by atoms with Crippen molar-refractivity contribution in [2.24, 2.45) is 11.6 Å². The maximum Gasteiger partial charge on any atom is 0.349 e. The second-order valence-electron chi connectivity index (χ2n) is 13.1. The Kier molecular flexibility index (Phi) is 9.38. The van der Waals surface area contributed by atoms with Gasteiger partial charge in [-0.2, -0.15) is 9.97 Å². The van der Waals surface area contributed by atoms with Gasteiger partial charge in [-0.25, -0.2) is 24.4 Å². The van der Waals surface area contributed by atoms with Gasteiger partial charge in [0.25, 0.3) is 0 Å². The number of aryl methyl sites for hydroxylation is 1. The van der Waals surface area contributed by atoms with Crippen molar-refractivity contribution < 1.29 is 23.0 Å². The lowest BCUT2D eigenvalue weighted by Gasteiger charge is -2.17. The average Bonchev–Trinajstić information content (AvgIpc) is 3.83. The molecule has 0 radical (unpaired) electrons. The number of hydrogen-bond acceptors (Lipinski definition) is 12. The number of phenols is 1. The van der Waals surface area contributed by atoms with E-state index in [1.54, 1.807) is 20.2 Å². The smallest absolute Gasteiger partial charge is 0.349 e. The first-order valence-electron chi connectivity index (χ1n) is 16.9. The van der Waals surface area contributed by atoms with Crippen LogP contribution in [0.2, 0.25) is 0 Å². The van der Waals surface area contributed by atoms with Crippen LogP contribution >= 0.6 is 0 Å². The van der Waals surface area contributed by atoms with Gasteiger partial charge in [0.2, 0.25) is 0 Å². The number of hydrogen-bond donors (Lipinski definition) is 5. The molecule has 6 heterocycles. The van der Waals surface area contributed by atoms with Gasteiger partial charge in [0.15, 0.2) is 0 Å². The largest absolute Gasteiger partial charge is 0.508 e. The van der Waals surface area contributed by atoms with Gasteiger partial charge in [-0.05, 0) is 74.0 Å². The van der Waals surface area contributed by atoms with Crippen molar-refractivity contribution in [3.05, 3.63) is 87.9 Å². The van der Waals surface area contributed by atoms with E-state index in [2.05, 4.69) is 30.2 Å². The fraction of sp³-hybridized carbons (Fsp3) is 0.297. The average molecular weight is 712 g/mol. The molecule has 2 atom stereocenters. The van der Waals surface area contributed by atoms with Crippen LogP contribution in [0.25, 0.3) is 49.7 Å². The van der Waals surface area contributed by atoms with Gasteiger partial charge in [-0.15, -0.1) is 0 Å². The fourth-order valence-corrected chi connectivity index (χ4v) is 7.24. The Labute approximate surface area is 296 Å². The zero-order valence-electron chi connectivity index (χ0n) is 28.9. The van der Waals surface area contributed by atoms with Gasteiger partial charge in [0.1, 0.15) is 40.3 Å². The summed E-state index contributed by atoms with van der Waals surface area (Å²) in [7, 11) is 2.96. The molecule has 4 aromatic heterocycles. The van der Waals surface area contributed by atoms with Crippen molar-refractivity contribution in [1.82, 2.24) is 29.8 Å². The molecule has 52 heavy (non-hydrogen) atoms. The molecule has 8 rings (SSSR count). The van der Waals surface area contributed by atoms with Crippen molar-refractivity contribution in [1.29, 1.82) is 0 Å². The number of aromatic hydroxyl groups is 1. The third-order valence-electron chi connectivity index (χ3n) is 9.54. The Morgan fingerprint density at radius 2 is 2.10 bits per heavy atom. The number of phenolic OH excluding ortho intramolecular Hbond substituents is 1. The zero-order chi connectivity index (χ0) is 36.7. The predicted molar refractivity (Wildman–Crippen MR) is 196 cm³/mol. The Balaban J connectivity index is 0.000000404. The number of fused-ring (bicyclic) bond motifs is 4. The standard InChI is InChI=1S/C30H27FN8O4.C7H12FN/c1-14-25-24(28(38-30(37-25)42-3)36-12-16-11-35-27-18(16)5-4-8-34-27)29(41)43-26(14)19-10-17(40)9-15-6-7-20(31)23(22(15)19)21(32)13-39(2)33;8-6-4-7-2-1-3-9(7)5-6/h4-11,13,40H,12,32-33H2,1-3H3,(H,34,35)(H,36,37,38);6-7H,1-5H2/b21-13-;. The van der Waals surface area contributed by atoms with Crippen molar-refractivity contribution in [3.63, 3.8) is 0 Å². The number of pyridine rings is 1. The van der Waals surface area contributed by atoms with Gasteiger partial charge < -0.3 is 35.3 Å². The SMILES string of the molecule is COc1nc(NCc2c[nH]c3ncccc23)c2c(=O)oc(-c3cc(O)cc4ccc(F)c(/C(N)=C/N(C)N)c34)c(C)c2n1.FC1CC2CCCN2C1. The normalized spacial score (nSPS) is 17.4. The van der Waals surface area contributed by atoms with E-state index < -0.39 is 17.6 Å². The third kappa shape index (κ3) is 6.55.